The Morgan fingerprint density at radius 3 is 2.37 bits per heavy atom. The van der Waals surface area contributed by atoms with E-state index in [2.05, 4.69) is 5.32 Å². The van der Waals surface area contributed by atoms with Gasteiger partial charge in [0.15, 0.2) is 6.61 Å². The number of ether oxygens (including phenoxy) is 1. The van der Waals surface area contributed by atoms with Gasteiger partial charge in [0.2, 0.25) is 11.8 Å². The second-order valence-electron chi connectivity index (χ2n) is 7.29. The van der Waals surface area contributed by atoms with Gasteiger partial charge in [0.25, 0.3) is 5.91 Å². The number of fused-ring (bicyclic) bond motifs is 5. The van der Waals surface area contributed by atoms with E-state index in [1.54, 1.807) is 12.1 Å². The van der Waals surface area contributed by atoms with E-state index in [9.17, 15) is 19.2 Å². The molecule has 1 heterocycles. The number of nitrogens with zero attached hydrogens (tertiary/aromatic N) is 1. The van der Waals surface area contributed by atoms with Gasteiger partial charge in [-0.15, -0.1) is 0 Å². The molecule has 140 valence electrons. The molecule has 3 aliphatic rings. The number of amides is 3. The second-order valence-corrected chi connectivity index (χ2v) is 7.29. The van der Waals surface area contributed by atoms with Crippen molar-refractivity contribution in [2.75, 3.05) is 18.5 Å². The van der Waals surface area contributed by atoms with E-state index in [0.29, 0.717) is 5.69 Å². The van der Waals surface area contributed by atoms with Gasteiger partial charge in [0.05, 0.1) is 11.8 Å². The zero-order valence-corrected chi connectivity index (χ0v) is 14.9. The summed E-state index contributed by atoms with van der Waals surface area (Å²) >= 11 is 0. The highest BCUT2D eigenvalue weighted by atomic mass is 16.5. The summed E-state index contributed by atoms with van der Waals surface area (Å²) in [6.07, 6.45) is 4.83. The average Bonchev–Trinajstić information content (AvgIpc) is 3.32. The molecule has 27 heavy (non-hydrogen) atoms. The van der Waals surface area contributed by atoms with Gasteiger partial charge in [-0.2, -0.15) is 0 Å². The third-order valence-electron chi connectivity index (χ3n) is 5.63. The number of likely N-dealkylation sites (tertiary alicyclic amines) is 1. The van der Waals surface area contributed by atoms with Crippen LogP contribution in [0.1, 0.15) is 12.0 Å². The Morgan fingerprint density at radius 1 is 1.11 bits per heavy atom. The molecule has 1 saturated carbocycles. The number of imide groups is 1. The van der Waals surface area contributed by atoms with Crippen LogP contribution in [-0.4, -0.2) is 41.7 Å². The minimum atomic E-state index is -0.767. The van der Waals surface area contributed by atoms with Crippen LogP contribution in [0.3, 0.4) is 0 Å². The topological polar surface area (TPSA) is 92.8 Å². The van der Waals surface area contributed by atoms with Gasteiger partial charge >= 0.3 is 5.97 Å². The van der Waals surface area contributed by atoms with Crippen LogP contribution in [0.15, 0.2) is 36.4 Å². The highest BCUT2D eigenvalue weighted by molar-refractivity contribution is 6.08. The van der Waals surface area contributed by atoms with Gasteiger partial charge in [0.1, 0.15) is 6.54 Å². The Labute approximate surface area is 156 Å². The minimum absolute atomic E-state index is 0.0948. The molecular weight excluding hydrogens is 348 g/mol. The summed E-state index contributed by atoms with van der Waals surface area (Å²) in [6, 6.07) is 7.24. The van der Waals surface area contributed by atoms with Crippen molar-refractivity contribution in [3.05, 3.63) is 42.0 Å². The van der Waals surface area contributed by atoms with E-state index >= 15 is 0 Å². The van der Waals surface area contributed by atoms with E-state index < -0.39 is 25.0 Å². The van der Waals surface area contributed by atoms with Crippen molar-refractivity contribution in [3.8, 4) is 0 Å². The summed E-state index contributed by atoms with van der Waals surface area (Å²) < 4.78 is 4.95. The lowest BCUT2D eigenvalue weighted by Gasteiger charge is -2.16. The van der Waals surface area contributed by atoms with Crippen LogP contribution < -0.4 is 5.32 Å². The summed E-state index contributed by atoms with van der Waals surface area (Å²) in [6.45, 7) is 0.940. The fourth-order valence-corrected chi connectivity index (χ4v) is 4.34. The Kier molecular flexibility index (Phi) is 4.30. The van der Waals surface area contributed by atoms with Crippen LogP contribution in [-0.2, 0) is 23.9 Å². The van der Waals surface area contributed by atoms with E-state index in [-0.39, 0.29) is 35.5 Å². The molecule has 1 N–H and O–H groups in total. The van der Waals surface area contributed by atoms with Crippen LogP contribution in [0.4, 0.5) is 5.69 Å². The first kappa shape index (κ1) is 17.5. The molecule has 7 heteroatoms. The molecule has 1 saturated heterocycles. The van der Waals surface area contributed by atoms with Crippen molar-refractivity contribution in [2.45, 2.75) is 13.3 Å². The molecule has 2 bridgehead atoms. The molecule has 4 atom stereocenters. The molecule has 2 aliphatic carbocycles. The zero-order valence-electron chi connectivity index (χ0n) is 14.9. The van der Waals surface area contributed by atoms with Gasteiger partial charge < -0.3 is 10.1 Å². The summed E-state index contributed by atoms with van der Waals surface area (Å²) in [4.78, 5) is 50.0. The molecule has 1 aromatic rings. The first-order valence-electron chi connectivity index (χ1n) is 9.00. The summed E-state index contributed by atoms with van der Waals surface area (Å²) in [5, 5.41) is 2.66. The number of allylic oxidation sites excluding steroid dienone is 2. The Hall–Kier alpha value is -2.96. The molecule has 0 unspecified atom stereocenters. The monoisotopic (exact) mass is 368 g/mol. The summed E-state index contributed by atoms with van der Waals surface area (Å²) in [5.74, 6) is -2.34. The average molecular weight is 368 g/mol. The number of benzene rings is 1. The smallest absolute Gasteiger partial charge is 0.326 e. The molecular formula is C20H20N2O5. The number of anilines is 1. The van der Waals surface area contributed by atoms with Crippen molar-refractivity contribution < 1.29 is 23.9 Å². The molecule has 1 aliphatic heterocycles. The van der Waals surface area contributed by atoms with Crippen LogP contribution in [0.5, 0.6) is 0 Å². The zero-order chi connectivity index (χ0) is 19.1. The fourth-order valence-electron chi connectivity index (χ4n) is 4.34. The third kappa shape index (κ3) is 3.03. The van der Waals surface area contributed by atoms with Crippen LogP contribution in [0.25, 0.3) is 0 Å². The SMILES string of the molecule is Cc1ccccc1NC(=O)COC(=O)CN1C(=O)[C@H]2[C@H](C1=O)[C@H]1C=C[C@H]2C1. The van der Waals surface area contributed by atoms with E-state index in [1.807, 2.05) is 31.2 Å². The third-order valence-corrected chi connectivity index (χ3v) is 5.63. The standard InChI is InChI=1S/C20H20N2O5/c1-11-4-2-3-5-14(11)21-15(23)10-27-16(24)9-22-19(25)17-12-6-7-13(8-12)18(17)20(22)26/h2-7,12-13,17-18H,8-10H2,1H3,(H,21,23)/t12-,13-,17+,18+/m0/s1. The van der Waals surface area contributed by atoms with E-state index in [0.717, 1.165) is 16.9 Å². The van der Waals surface area contributed by atoms with Gasteiger partial charge in [-0.3, -0.25) is 24.1 Å². The fraction of sp³-hybridized carbons (Fsp3) is 0.400. The predicted molar refractivity (Wildman–Crippen MR) is 95.2 cm³/mol. The van der Waals surface area contributed by atoms with Crippen molar-refractivity contribution in [2.24, 2.45) is 23.7 Å². The van der Waals surface area contributed by atoms with Crippen molar-refractivity contribution in [3.63, 3.8) is 0 Å². The molecule has 0 aromatic heterocycles. The lowest BCUT2D eigenvalue weighted by atomic mass is 9.85. The summed E-state index contributed by atoms with van der Waals surface area (Å²) in [7, 11) is 0. The number of hydrogen-bond donors (Lipinski definition) is 1. The quantitative estimate of drug-likeness (QED) is 0.480. The maximum atomic E-state index is 12.5. The van der Waals surface area contributed by atoms with Crippen molar-refractivity contribution in [1.29, 1.82) is 0 Å². The normalized spacial score (nSPS) is 27.8. The molecule has 3 amide bonds. The minimum Gasteiger partial charge on any atom is -0.454 e. The number of aryl methyl sites for hydroxylation is 1. The number of hydrogen-bond acceptors (Lipinski definition) is 5. The molecule has 1 aromatic carbocycles. The largest absolute Gasteiger partial charge is 0.454 e. The first-order chi connectivity index (χ1) is 13.0. The number of carbonyl (C=O) groups excluding carboxylic acids is 4. The Balaban J connectivity index is 1.30. The number of carbonyl (C=O) groups is 4. The van der Waals surface area contributed by atoms with Gasteiger partial charge in [-0.25, -0.2) is 0 Å². The van der Waals surface area contributed by atoms with Crippen LogP contribution in [0.2, 0.25) is 0 Å². The van der Waals surface area contributed by atoms with Crippen LogP contribution in [0, 0.1) is 30.6 Å². The predicted octanol–water partition coefficient (Wildman–Crippen LogP) is 1.28. The highest BCUT2D eigenvalue weighted by Gasteiger charge is 2.59. The molecule has 4 rings (SSSR count). The molecule has 7 nitrogen and oxygen atoms in total. The molecule has 2 fully saturated rings. The maximum absolute atomic E-state index is 12.5. The lowest BCUT2D eigenvalue weighted by Crippen LogP contribution is -2.38. The van der Waals surface area contributed by atoms with Crippen molar-refractivity contribution in [1.82, 2.24) is 4.90 Å². The van der Waals surface area contributed by atoms with Gasteiger partial charge in [-0.05, 0) is 36.8 Å². The number of para-hydroxylation sites is 1. The number of nitrogens with one attached hydrogen (secondary N) is 1. The van der Waals surface area contributed by atoms with Gasteiger partial charge in [-0.1, -0.05) is 30.4 Å². The van der Waals surface area contributed by atoms with Gasteiger partial charge in [0, 0.05) is 5.69 Å². The Morgan fingerprint density at radius 2 is 1.74 bits per heavy atom. The van der Waals surface area contributed by atoms with Crippen molar-refractivity contribution >= 4 is 29.4 Å². The van der Waals surface area contributed by atoms with E-state index in [1.165, 1.54) is 0 Å². The Bertz CT molecular complexity index is 832. The first-order valence-corrected chi connectivity index (χ1v) is 9.00. The molecule has 0 spiro atoms. The van der Waals surface area contributed by atoms with E-state index in [4.69, 9.17) is 4.74 Å². The van der Waals surface area contributed by atoms with Crippen LogP contribution >= 0.6 is 0 Å². The highest BCUT2D eigenvalue weighted by Crippen LogP contribution is 2.52. The molecule has 0 radical (unpaired) electrons. The maximum Gasteiger partial charge on any atom is 0.326 e. The summed E-state index contributed by atoms with van der Waals surface area (Å²) in [5.41, 5.74) is 1.53. The lowest BCUT2D eigenvalue weighted by molar-refractivity contribution is -0.154. The number of esters is 1. The second kappa shape index (κ2) is 6.64. The number of rotatable bonds is 5.